The van der Waals surface area contributed by atoms with Crippen molar-refractivity contribution in [2.45, 2.75) is 4.90 Å². The fraction of sp³-hybridized carbons (Fsp3) is 0.211. The van der Waals surface area contributed by atoms with Crippen molar-refractivity contribution in [2.75, 3.05) is 31.1 Å². The summed E-state index contributed by atoms with van der Waals surface area (Å²) in [6.45, 7) is 1.33. The maximum absolute atomic E-state index is 13.5. The molecule has 1 fully saturated rings. The lowest BCUT2D eigenvalue weighted by molar-refractivity contribution is 0.385. The van der Waals surface area contributed by atoms with E-state index in [9.17, 15) is 17.2 Å². The third-order valence-electron chi connectivity index (χ3n) is 4.67. The van der Waals surface area contributed by atoms with Crippen molar-refractivity contribution >= 4 is 49.7 Å². The Bertz CT molecular complexity index is 1180. The van der Waals surface area contributed by atoms with E-state index in [0.717, 1.165) is 6.07 Å². The van der Waals surface area contributed by atoms with E-state index in [4.69, 9.17) is 23.2 Å². The van der Waals surface area contributed by atoms with Gasteiger partial charge in [0, 0.05) is 48.2 Å². The smallest absolute Gasteiger partial charge is 0.244 e. The Balaban J connectivity index is 1.49. The predicted octanol–water partition coefficient (Wildman–Crippen LogP) is 4.91. The fourth-order valence-corrected chi connectivity index (χ4v) is 6.23. The van der Waals surface area contributed by atoms with Crippen molar-refractivity contribution in [3.05, 3.63) is 63.5 Å². The average molecular weight is 490 g/mol. The van der Waals surface area contributed by atoms with Crippen LogP contribution in [0.4, 0.5) is 13.9 Å². The van der Waals surface area contributed by atoms with Crippen LogP contribution in [-0.4, -0.2) is 43.9 Å². The van der Waals surface area contributed by atoms with Gasteiger partial charge in [-0.15, -0.1) is 11.3 Å². The maximum atomic E-state index is 13.5. The number of thiazole rings is 1. The van der Waals surface area contributed by atoms with Crippen LogP contribution in [0, 0.1) is 11.6 Å². The van der Waals surface area contributed by atoms with Gasteiger partial charge in [0.1, 0.15) is 16.5 Å². The van der Waals surface area contributed by atoms with Gasteiger partial charge >= 0.3 is 0 Å². The molecule has 0 spiro atoms. The average Bonchev–Trinajstić information content (AvgIpc) is 3.19. The Morgan fingerprint density at radius 2 is 1.63 bits per heavy atom. The molecule has 1 saturated heterocycles. The quantitative estimate of drug-likeness (QED) is 0.522. The van der Waals surface area contributed by atoms with Gasteiger partial charge in [-0.25, -0.2) is 22.2 Å². The second-order valence-electron chi connectivity index (χ2n) is 6.64. The largest absolute Gasteiger partial charge is 0.345 e. The van der Waals surface area contributed by atoms with Gasteiger partial charge in [0.05, 0.1) is 10.7 Å². The first kappa shape index (κ1) is 21.5. The molecule has 2 heterocycles. The first-order chi connectivity index (χ1) is 14.2. The van der Waals surface area contributed by atoms with Crippen LogP contribution < -0.4 is 4.90 Å². The number of piperazine rings is 1. The topological polar surface area (TPSA) is 53.5 Å². The molecule has 3 aromatic rings. The standard InChI is InChI=1S/C19H15Cl2F2N3O2S2/c20-13-1-2-16(21)18(9-13)30(27,28)26-5-3-25(4-6-26)19-24-17(11-29-19)12-7-14(22)10-15(23)8-12/h1-2,7-11H,3-6H2. The summed E-state index contributed by atoms with van der Waals surface area (Å²) in [6, 6.07) is 7.59. The number of halogens is 4. The zero-order valence-electron chi connectivity index (χ0n) is 15.4. The van der Waals surface area contributed by atoms with E-state index >= 15 is 0 Å². The first-order valence-electron chi connectivity index (χ1n) is 8.86. The lowest BCUT2D eigenvalue weighted by Gasteiger charge is -2.34. The van der Waals surface area contributed by atoms with Crippen molar-refractivity contribution in [3.8, 4) is 11.3 Å². The Labute approximate surface area is 186 Å². The van der Waals surface area contributed by atoms with E-state index in [0.29, 0.717) is 34.5 Å². The van der Waals surface area contributed by atoms with E-state index in [1.807, 2.05) is 4.90 Å². The van der Waals surface area contributed by atoms with Crippen LogP contribution in [0.3, 0.4) is 0 Å². The summed E-state index contributed by atoms with van der Waals surface area (Å²) >= 11 is 13.3. The number of hydrogen-bond acceptors (Lipinski definition) is 5. The molecule has 0 radical (unpaired) electrons. The number of anilines is 1. The van der Waals surface area contributed by atoms with Gasteiger partial charge in [-0.3, -0.25) is 0 Å². The molecule has 1 aromatic heterocycles. The summed E-state index contributed by atoms with van der Waals surface area (Å²) in [6.07, 6.45) is 0. The summed E-state index contributed by atoms with van der Waals surface area (Å²) in [5, 5.41) is 2.79. The fourth-order valence-electron chi connectivity index (χ4n) is 3.18. The molecular weight excluding hydrogens is 475 g/mol. The number of aromatic nitrogens is 1. The van der Waals surface area contributed by atoms with Crippen molar-refractivity contribution in [3.63, 3.8) is 0 Å². The van der Waals surface area contributed by atoms with Crippen LogP contribution in [0.2, 0.25) is 10.0 Å². The van der Waals surface area contributed by atoms with E-state index in [2.05, 4.69) is 4.98 Å². The minimum Gasteiger partial charge on any atom is -0.345 e. The normalized spacial score (nSPS) is 15.5. The highest BCUT2D eigenvalue weighted by molar-refractivity contribution is 7.89. The summed E-state index contributed by atoms with van der Waals surface area (Å²) in [5.41, 5.74) is 0.820. The van der Waals surface area contributed by atoms with Crippen LogP contribution in [0.1, 0.15) is 0 Å². The summed E-state index contributed by atoms with van der Waals surface area (Å²) < 4.78 is 54.2. The van der Waals surface area contributed by atoms with Gasteiger partial charge in [0.2, 0.25) is 10.0 Å². The van der Waals surface area contributed by atoms with E-state index < -0.39 is 21.7 Å². The highest BCUT2D eigenvalue weighted by atomic mass is 35.5. The zero-order chi connectivity index (χ0) is 21.5. The van der Waals surface area contributed by atoms with E-state index in [1.165, 1.54) is 46.0 Å². The molecule has 1 aliphatic rings. The molecule has 4 rings (SSSR count). The monoisotopic (exact) mass is 489 g/mol. The molecular formula is C19H15Cl2F2N3O2S2. The number of sulfonamides is 1. The van der Waals surface area contributed by atoms with Crippen LogP contribution in [0.25, 0.3) is 11.3 Å². The first-order valence-corrected chi connectivity index (χ1v) is 11.9. The Kier molecular flexibility index (Phi) is 6.00. The molecule has 158 valence electrons. The van der Waals surface area contributed by atoms with Gasteiger partial charge in [0.25, 0.3) is 0 Å². The molecule has 11 heteroatoms. The second-order valence-corrected chi connectivity index (χ2v) is 10.2. The van der Waals surface area contributed by atoms with Crippen LogP contribution in [0.5, 0.6) is 0 Å². The molecule has 0 atom stereocenters. The van der Waals surface area contributed by atoms with Crippen molar-refractivity contribution in [2.24, 2.45) is 0 Å². The number of rotatable bonds is 4. The molecule has 1 aliphatic heterocycles. The number of hydrogen-bond donors (Lipinski definition) is 0. The molecule has 5 nitrogen and oxygen atoms in total. The molecule has 2 aromatic carbocycles. The molecule has 0 unspecified atom stereocenters. The third kappa shape index (κ3) is 4.31. The number of nitrogens with zero attached hydrogens (tertiary/aromatic N) is 3. The second kappa shape index (κ2) is 8.39. The molecule has 0 aliphatic carbocycles. The van der Waals surface area contributed by atoms with Crippen molar-refractivity contribution < 1.29 is 17.2 Å². The van der Waals surface area contributed by atoms with Gasteiger partial charge in [-0.05, 0) is 30.3 Å². The number of benzene rings is 2. The zero-order valence-corrected chi connectivity index (χ0v) is 18.5. The minimum atomic E-state index is -3.78. The van der Waals surface area contributed by atoms with Gasteiger partial charge in [0.15, 0.2) is 5.13 Å². The molecule has 0 N–H and O–H groups in total. The Morgan fingerprint density at radius 1 is 0.967 bits per heavy atom. The Hall–Kier alpha value is -1.78. The van der Waals surface area contributed by atoms with Crippen LogP contribution in [0.15, 0.2) is 46.7 Å². The third-order valence-corrected chi connectivity index (χ3v) is 8.19. The van der Waals surface area contributed by atoms with Crippen molar-refractivity contribution in [1.82, 2.24) is 9.29 Å². The van der Waals surface area contributed by atoms with Gasteiger partial charge in [-0.2, -0.15) is 4.31 Å². The van der Waals surface area contributed by atoms with E-state index in [-0.39, 0.29) is 23.0 Å². The summed E-state index contributed by atoms with van der Waals surface area (Å²) in [4.78, 5) is 6.38. The minimum absolute atomic E-state index is 0.0187. The SMILES string of the molecule is O=S(=O)(c1cc(Cl)ccc1Cl)N1CCN(c2nc(-c3cc(F)cc(F)c3)cs2)CC1. The Morgan fingerprint density at radius 3 is 2.30 bits per heavy atom. The summed E-state index contributed by atoms with van der Waals surface area (Å²) in [5.74, 6) is -1.34. The predicted molar refractivity (Wildman–Crippen MR) is 115 cm³/mol. The van der Waals surface area contributed by atoms with Gasteiger partial charge in [-0.1, -0.05) is 23.2 Å². The van der Waals surface area contributed by atoms with Crippen LogP contribution >= 0.6 is 34.5 Å². The van der Waals surface area contributed by atoms with Crippen LogP contribution in [-0.2, 0) is 10.0 Å². The van der Waals surface area contributed by atoms with E-state index in [1.54, 1.807) is 5.38 Å². The van der Waals surface area contributed by atoms with Gasteiger partial charge < -0.3 is 4.90 Å². The summed E-state index contributed by atoms with van der Waals surface area (Å²) in [7, 11) is -3.78. The lowest BCUT2D eigenvalue weighted by atomic mass is 10.1. The lowest BCUT2D eigenvalue weighted by Crippen LogP contribution is -2.48. The molecule has 0 amide bonds. The molecule has 0 saturated carbocycles. The van der Waals surface area contributed by atoms with Crippen molar-refractivity contribution in [1.29, 1.82) is 0 Å². The molecule has 0 bridgehead atoms. The highest BCUT2D eigenvalue weighted by Gasteiger charge is 2.31. The maximum Gasteiger partial charge on any atom is 0.244 e. The molecule has 30 heavy (non-hydrogen) atoms. The highest BCUT2D eigenvalue weighted by Crippen LogP contribution is 2.31.